The second-order valence-electron chi connectivity index (χ2n) is 5.56. The lowest BCUT2D eigenvalue weighted by molar-refractivity contribution is 0.0622. The van der Waals surface area contributed by atoms with Gasteiger partial charge in [0.15, 0.2) is 0 Å². The molecule has 0 aliphatic carbocycles. The summed E-state index contributed by atoms with van der Waals surface area (Å²) in [4.78, 5) is 0. The molecule has 2 heterocycles. The van der Waals surface area contributed by atoms with Gasteiger partial charge in [0.1, 0.15) is 22.0 Å². The van der Waals surface area contributed by atoms with Crippen LogP contribution >= 0.6 is 0 Å². The van der Waals surface area contributed by atoms with Crippen LogP contribution in [0.5, 0.6) is 0 Å². The van der Waals surface area contributed by atoms with E-state index in [4.69, 9.17) is 8.37 Å². The van der Waals surface area contributed by atoms with Gasteiger partial charge in [-0.3, -0.25) is 4.18 Å². The number of hydrogen-bond donors (Lipinski definition) is 0. The Labute approximate surface area is 130 Å². The fourth-order valence-electron chi connectivity index (χ4n) is 2.67. The summed E-state index contributed by atoms with van der Waals surface area (Å²) in [5, 5.41) is 0. The van der Waals surface area contributed by atoms with Gasteiger partial charge in [-0.1, -0.05) is 6.92 Å². The van der Waals surface area contributed by atoms with Gasteiger partial charge in [-0.25, -0.2) is 16.8 Å². The van der Waals surface area contributed by atoms with Gasteiger partial charge in [0, 0.05) is 18.1 Å². The minimum absolute atomic E-state index is 0.211. The molecule has 0 N–H and O–H groups in total. The van der Waals surface area contributed by atoms with Crippen LogP contribution in [0, 0.1) is 11.8 Å². The SMILES string of the molecule is CCC(CS(C)(=O)=O)C1OS(=O)(=O)OC1C1COS(=O)(=O)C1. The van der Waals surface area contributed by atoms with Crippen molar-refractivity contribution in [2.24, 2.45) is 11.8 Å². The Balaban J connectivity index is 2.26. The van der Waals surface area contributed by atoms with Crippen LogP contribution < -0.4 is 0 Å². The summed E-state index contributed by atoms with van der Waals surface area (Å²) >= 11 is 0. The fraction of sp³-hybridized carbons (Fsp3) is 1.00. The Morgan fingerprint density at radius 1 is 1.18 bits per heavy atom. The topological polar surface area (TPSA) is 130 Å². The molecule has 2 saturated heterocycles. The Morgan fingerprint density at radius 2 is 1.82 bits per heavy atom. The number of rotatable bonds is 5. The van der Waals surface area contributed by atoms with Gasteiger partial charge in [-0.05, 0) is 6.42 Å². The summed E-state index contributed by atoms with van der Waals surface area (Å²) in [6.07, 6.45) is -0.744. The molecule has 130 valence electrons. The summed E-state index contributed by atoms with van der Waals surface area (Å²) in [5.41, 5.74) is 0. The molecule has 0 spiro atoms. The Morgan fingerprint density at radius 3 is 2.27 bits per heavy atom. The van der Waals surface area contributed by atoms with E-state index in [-0.39, 0.29) is 18.1 Å². The molecule has 9 nitrogen and oxygen atoms in total. The van der Waals surface area contributed by atoms with Gasteiger partial charge < -0.3 is 0 Å². The van der Waals surface area contributed by atoms with Crippen molar-refractivity contribution in [2.45, 2.75) is 25.6 Å². The first-order valence-corrected chi connectivity index (χ1v) is 11.6. The Bertz CT molecular complexity index is 722. The molecule has 22 heavy (non-hydrogen) atoms. The molecule has 0 amide bonds. The first kappa shape index (κ1) is 18.1. The molecular weight excluding hydrogens is 360 g/mol. The summed E-state index contributed by atoms with van der Waals surface area (Å²) in [6, 6.07) is 0. The molecule has 0 radical (unpaired) electrons. The largest absolute Gasteiger partial charge is 0.400 e. The maximum absolute atomic E-state index is 11.6. The lowest BCUT2D eigenvalue weighted by Gasteiger charge is -2.25. The van der Waals surface area contributed by atoms with Crippen molar-refractivity contribution in [3.8, 4) is 0 Å². The van der Waals surface area contributed by atoms with Crippen LogP contribution in [0.2, 0.25) is 0 Å². The molecule has 0 saturated carbocycles. The van der Waals surface area contributed by atoms with Crippen molar-refractivity contribution in [1.82, 2.24) is 0 Å². The van der Waals surface area contributed by atoms with Gasteiger partial charge in [-0.15, -0.1) is 0 Å². The standard InChI is InChI=1S/C10H18O9S3/c1-3-7(5-20(2,11)12)9-10(19-22(15,16)18-9)8-4-17-21(13,14)6-8/h7-10H,3-6H2,1-2H3. The minimum atomic E-state index is -4.28. The van der Waals surface area contributed by atoms with Crippen molar-refractivity contribution in [3.63, 3.8) is 0 Å². The second-order valence-corrected chi connectivity index (χ2v) is 10.6. The molecule has 0 aromatic rings. The minimum Gasteiger partial charge on any atom is -0.270 e. The van der Waals surface area contributed by atoms with Gasteiger partial charge >= 0.3 is 10.4 Å². The van der Waals surface area contributed by atoms with E-state index in [1.807, 2.05) is 0 Å². The van der Waals surface area contributed by atoms with Gasteiger partial charge in [-0.2, -0.15) is 16.8 Å². The van der Waals surface area contributed by atoms with Crippen LogP contribution in [-0.4, -0.2) is 61.8 Å². The third-order valence-corrected chi connectivity index (χ3v) is 6.91. The zero-order valence-electron chi connectivity index (χ0n) is 12.0. The third kappa shape index (κ3) is 4.38. The zero-order chi connectivity index (χ0) is 16.8. The summed E-state index contributed by atoms with van der Waals surface area (Å²) in [7, 11) is -11.3. The van der Waals surface area contributed by atoms with Crippen LogP contribution in [0.4, 0.5) is 0 Å². The average molecular weight is 378 g/mol. The highest BCUT2D eigenvalue weighted by atomic mass is 32.3. The molecule has 2 rings (SSSR count). The molecule has 0 bridgehead atoms. The van der Waals surface area contributed by atoms with Crippen LogP contribution in [-0.2, 0) is 42.9 Å². The number of hydrogen-bond acceptors (Lipinski definition) is 9. The molecule has 0 aromatic carbocycles. The molecule has 0 aromatic heterocycles. The van der Waals surface area contributed by atoms with Crippen LogP contribution in [0.15, 0.2) is 0 Å². The highest BCUT2D eigenvalue weighted by Crippen LogP contribution is 2.35. The molecule has 12 heteroatoms. The Hall–Kier alpha value is -0.270. The van der Waals surface area contributed by atoms with Crippen LogP contribution in [0.25, 0.3) is 0 Å². The average Bonchev–Trinajstić information content (AvgIpc) is 2.84. The van der Waals surface area contributed by atoms with Gasteiger partial charge in [0.25, 0.3) is 10.1 Å². The first-order chi connectivity index (χ1) is 9.92. The summed E-state index contributed by atoms with van der Waals surface area (Å²) < 4.78 is 83.2. The predicted molar refractivity (Wildman–Crippen MR) is 75.4 cm³/mol. The normalized spacial score (nSPS) is 35.5. The molecule has 4 unspecified atom stereocenters. The predicted octanol–water partition coefficient (Wildman–Crippen LogP) is -0.938. The smallest absolute Gasteiger partial charge is 0.270 e. The van der Waals surface area contributed by atoms with Crippen LogP contribution in [0.1, 0.15) is 13.3 Å². The summed E-state index contributed by atoms with van der Waals surface area (Å²) in [5.74, 6) is -2.01. The maximum Gasteiger partial charge on any atom is 0.400 e. The molecule has 2 aliphatic rings. The van der Waals surface area contributed by atoms with E-state index in [0.29, 0.717) is 6.42 Å². The highest BCUT2D eigenvalue weighted by Gasteiger charge is 2.51. The third-order valence-electron chi connectivity index (χ3n) is 3.63. The van der Waals surface area contributed by atoms with Crippen molar-refractivity contribution in [2.75, 3.05) is 24.4 Å². The monoisotopic (exact) mass is 378 g/mol. The van der Waals surface area contributed by atoms with Gasteiger partial charge in [0.05, 0.1) is 18.1 Å². The molecule has 2 aliphatic heterocycles. The van der Waals surface area contributed by atoms with Gasteiger partial charge in [0.2, 0.25) is 0 Å². The summed E-state index contributed by atoms with van der Waals surface area (Å²) in [6.45, 7) is 1.49. The molecule has 2 fully saturated rings. The van der Waals surface area contributed by atoms with E-state index in [9.17, 15) is 25.3 Å². The quantitative estimate of drug-likeness (QED) is 0.556. The van der Waals surface area contributed by atoms with Crippen molar-refractivity contribution >= 4 is 30.4 Å². The van der Waals surface area contributed by atoms with Crippen molar-refractivity contribution < 1.29 is 37.8 Å². The van der Waals surface area contributed by atoms with E-state index < -0.39 is 54.4 Å². The highest BCUT2D eigenvalue weighted by molar-refractivity contribution is 7.90. The van der Waals surface area contributed by atoms with E-state index in [2.05, 4.69) is 4.18 Å². The zero-order valence-corrected chi connectivity index (χ0v) is 14.5. The molecular formula is C10H18O9S3. The van der Waals surface area contributed by atoms with E-state index in [1.165, 1.54) is 0 Å². The van der Waals surface area contributed by atoms with E-state index >= 15 is 0 Å². The van der Waals surface area contributed by atoms with E-state index in [1.54, 1.807) is 6.92 Å². The lowest BCUT2D eigenvalue weighted by Crippen LogP contribution is -2.40. The van der Waals surface area contributed by atoms with Crippen molar-refractivity contribution in [3.05, 3.63) is 0 Å². The lowest BCUT2D eigenvalue weighted by atomic mass is 9.90. The Kier molecular flexibility index (Phi) is 4.91. The first-order valence-electron chi connectivity index (χ1n) is 6.59. The number of sulfone groups is 1. The van der Waals surface area contributed by atoms with Crippen molar-refractivity contribution in [1.29, 1.82) is 0 Å². The van der Waals surface area contributed by atoms with E-state index in [0.717, 1.165) is 6.26 Å². The molecule has 4 atom stereocenters. The second kappa shape index (κ2) is 5.98. The fourth-order valence-corrected chi connectivity index (χ4v) is 6.29. The maximum atomic E-state index is 11.6. The van der Waals surface area contributed by atoms with Crippen LogP contribution in [0.3, 0.4) is 0 Å².